The van der Waals surface area contributed by atoms with E-state index in [1.807, 2.05) is 36.4 Å². The van der Waals surface area contributed by atoms with Crippen LogP contribution in [0.15, 0.2) is 48.8 Å². The summed E-state index contributed by atoms with van der Waals surface area (Å²) in [6, 6.07) is 11.1. The smallest absolute Gasteiger partial charge is 0.307 e. The minimum atomic E-state index is -0.301. The molecule has 6 heteroatoms. The summed E-state index contributed by atoms with van der Waals surface area (Å²) in [4.78, 5) is 30.1. The molecule has 0 fully saturated rings. The number of methoxy groups -OCH3 is 1. The van der Waals surface area contributed by atoms with Crippen LogP contribution >= 0.6 is 0 Å². The van der Waals surface area contributed by atoms with Gasteiger partial charge in [0.2, 0.25) is 5.91 Å². The van der Waals surface area contributed by atoms with Gasteiger partial charge in [-0.2, -0.15) is 0 Å². The second-order valence-corrected chi connectivity index (χ2v) is 5.75. The van der Waals surface area contributed by atoms with Crippen molar-refractivity contribution in [1.82, 2.24) is 9.88 Å². The van der Waals surface area contributed by atoms with Crippen molar-refractivity contribution < 1.29 is 19.1 Å². The zero-order valence-corrected chi connectivity index (χ0v) is 15.2. The van der Waals surface area contributed by atoms with Gasteiger partial charge in [-0.05, 0) is 42.3 Å². The number of pyridine rings is 1. The van der Waals surface area contributed by atoms with E-state index in [0.29, 0.717) is 19.7 Å². The van der Waals surface area contributed by atoms with Gasteiger partial charge in [0, 0.05) is 25.5 Å². The van der Waals surface area contributed by atoms with Crippen molar-refractivity contribution >= 4 is 11.9 Å². The largest absolute Gasteiger partial charge is 0.497 e. The van der Waals surface area contributed by atoms with Crippen LogP contribution in [0.4, 0.5) is 0 Å². The number of rotatable bonds is 9. The highest BCUT2D eigenvalue weighted by molar-refractivity contribution is 5.79. The summed E-state index contributed by atoms with van der Waals surface area (Å²) in [5, 5.41) is 0. The fourth-order valence-electron chi connectivity index (χ4n) is 2.49. The lowest BCUT2D eigenvalue weighted by Gasteiger charge is -2.22. The summed E-state index contributed by atoms with van der Waals surface area (Å²) in [6.07, 6.45) is 3.81. The normalized spacial score (nSPS) is 10.2. The lowest BCUT2D eigenvalue weighted by atomic mass is 10.1. The first-order valence-corrected chi connectivity index (χ1v) is 8.57. The summed E-state index contributed by atoms with van der Waals surface area (Å²) in [5.74, 6) is 0.401. The predicted octanol–water partition coefficient (Wildman–Crippen LogP) is 2.61. The second kappa shape index (κ2) is 10.2. The summed E-state index contributed by atoms with van der Waals surface area (Å²) in [7, 11) is 1.60. The van der Waals surface area contributed by atoms with Crippen LogP contribution in [-0.4, -0.2) is 42.0 Å². The first-order chi connectivity index (χ1) is 12.6. The molecular weight excluding hydrogens is 332 g/mol. The van der Waals surface area contributed by atoms with Crippen molar-refractivity contribution in [2.24, 2.45) is 0 Å². The number of esters is 1. The van der Waals surface area contributed by atoms with E-state index >= 15 is 0 Å². The highest BCUT2D eigenvalue weighted by Gasteiger charge is 2.16. The van der Waals surface area contributed by atoms with E-state index < -0.39 is 0 Å². The summed E-state index contributed by atoms with van der Waals surface area (Å²) >= 11 is 0. The van der Waals surface area contributed by atoms with Gasteiger partial charge in [0.15, 0.2) is 0 Å². The van der Waals surface area contributed by atoms with E-state index in [4.69, 9.17) is 9.47 Å². The standard InChI is InChI=1S/C20H24N2O4/c1-3-26-20(24)10-13-22(15-17-8-11-21-12-9-17)19(23)14-16-4-6-18(25-2)7-5-16/h4-9,11-12H,3,10,13-15H2,1-2H3. The Kier molecular flexibility index (Phi) is 7.61. The Morgan fingerprint density at radius 3 is 2.35 bits per heavy atom. The fraction of sp³-hybridized carbons (Fsp3) is 0.350. The molecule has 0 spiro atoms. The zero-order valence-electron chi connectivity index (χ0n) is 15.2. The highest BCUT2D eigenvalue weighted by atomic mass is 16.5. The maximum absolute atomic E-state index is 12.8. The van der Waals surface area contributed by atoms with Crippen LogP contribution in [0.2, 0.25) is 0 Å². The van der Waals surface area contributed by atoms with Crippen molar-refractivity contribution in [2.75, 3.05) is 20.3 Å². The fourth-order valence-corrected chi connectivity index (χ4v) is 2.49. The van der Waals surface area contributed by atoms with E-state index in [9.17, 15) is 9.59 Å². The molecule has 0 aliphatic rings. The van der Waals surface area contributed by atoms with Crippen molar-refractivity contribution in [2.45, 2.75) is 26.3 Å². The van der Waals surface area contributed by atoms with Gasteiger partial charge >= 0.3 is 5.97 Å². The van der Waals surface area contributed by atoms with Gasteiger partial charge < -0.3 is 14.4 Å². The average Bonchev–Trinajstić information content (AvgIpc) is 2.66. The van der Waals surface area contributed by atoms with Gasteiger partial charge in [-0.1, -0.05) is 12.1 Å². The van der Waals surface area contributed by atoms with Crippen LogP contribution in [0.5, 0.6) is 5.75 Å². The number of carbonyl (C=O) groups is 2. The molecule has 138 valence electrons. The number of hydrogen-bond acceptors (Lipinski definition) is 5. The van der Waals surface area contributed by atoms with Gasteiger partial charge in [-0.15, -0.1) is 0 Å². The summed E-state index contributed by atoms with van der Waals surface area (Å²) < 4.78 is 10.1. The van der Waals surface area contributed by atoms with E-state index in [0.717, 1.165) is 16.9 Å². The minimum Gasteiger partial charge on any atom is -0.497 e. The van der Waals surface area contributed by atoms with Crippen LogP contribution in [0.25, 0.3) is 0 Å². The van der Waals surface area contributed by atoms with E-state index in [-0.39, 0.29) is 24.7 Å². The molecule has 0 radical (unpaired) electrons. The molecule has 1 aromatic carbocycles. The van der Waals surface area contributed by atoms with Crippen LogP contribution in [0, 0.1) is 0 Å². The lowest BCUT2D eigenvalue weighted by Crippen LogP contribution is -2.34. The predicted molar refractivity (Wildman–Crippen MR) is 97.6 cm³/mol. The van der Waals surface area contributed by atoms with Gasteiger partial charge in [0.05, 0.1) is 26.6 Å². The Balaban J connectivity index is 2.04. The Morgan fingerprint density at radius 2 is 1.73 bits per heavy atom. The lowest BCUT2D eigenvalue weighted by molar-refractivity contribution is -0.144. The number of carbonyl (C=O) groups excluding carboxylic acids is 2. The third-order valence-electron chi connectivity index (χ3n) is 3.88. The van der Waals surface area contributed by atoms with Crippen molar-refractivity contribution in [3.8, 4) is 5.75 Å². The molecule has 0 saturated carbocycles. The zero-order chi connectivity index (χ0) is 18.8. The third-order valence-corrected chi connectivity index (χ3v) is 3.88. The quantitative estimate of drug-likeness (QED) is 0.646. The maximum Gasteiger partial charge on any atom is 0.307 e. The number of aromatic nitrogens is 1. The SMILES string of the molecule is CCOC(=O)CCN(Cc1ccncc1)C(=O)Cc1ccc(OC)cc1. The molecular formula is C20H24N2O4. The van der Waals surface area contributed by atoms with Crippen molar-refractivity contribution in [1.29, 1.82) is 0 Å². The molecule has 0 unspecified atom stereocenters. The van der Waals surface area contributed by atoms with Crippen LogP contribution in [-0.2, 0) is 27.3 Å². The van der Waals surface area contributed by atoms with E-state index in [2.05, 4.69) is 4.98 Å². The Labute approximate surface area is 153 Å². The Morgan fingerprint density at radius 1 is 1.04 bits per heavy atom. The topological polar surface area (TPSA) is 68.7 Å². The molecule has 1 amide bonds. The van der Waals surface area contributed by atoms with Gasteiger partial charge in [0.1, 0.15) is 5.75 Å². The first kappa shape index (κ1) is 19.4. The van der Waals surface area contributed by atoms with E-state index in [1.165, 1.54) is 0 Å². The highest BCUT2D eigenvalue weighted by Crippen LogP contribution is 2.14. The Hall–Kier alpha value is -2.89. The van der Waals surface area contributed by atoms with Gasteiger partial charge in [0.25, 0.3) is 0 Å². The third kappa shape index (κ3) is 6.20. The monoisotopic (exact) mass is 356 g/mol. The molecule has 26 heavy (non-hydrogen) atoms. The van der Waals surface area contributed by atoms with Crippen LogP contribution < -0.4 is 4.74 Å². The number of ether oxygens (including phenoxy) is 2. The maximum atomic E-state index is 12.8. The number of nitrogens with zero attached hydrogens (tertiary/aromatic N) is 2. The number of benzene rings is 1. The molecule has 1 heterocycles. The van der Waals surface area contributed by atoms with Crippen molar-refractivity contribution in [3.63, 3.8) is 0 Å². The molecule has 0 N–H and O–H groups in total. The van der Waals surface area contributed by atoms with Crippen LogP contribution in [0.3, 0.4) is 0 Å². The van der Waals surface area contributed by atoms with E-state index in [1.54, 1.807) is 31.3 Å². The average molecular weight is 356 g/mol. The molecule has 0 aliphatic heterocycles. The second-order valence-electron chi connectivity index (χ2n) is 5.75. The molecule has 0 aliphatic carbocycles. The Bertz CT molecular complexity index is 702. The van der Waals surface area contributed by atoms with Gasteiger partial charge in [-0.3, -0.25) is 14.6 Å². The number of amides is 1. The molecule has 0 saturated heterocycles. The molecule has 0 bridgehead atoms. The first-order valence-electron chi connectivity index (χ1n) is 8.57. The molecule has 6 nitrogen and oxygen atoms in total. The summed E-state index contributed by atoms with van der Waals surface area (Å²) in [5.41, 5.74) is 1.86. The molecule has 0 atom stereocenters. The molecule has 2 rings (SSSR count). The van der Waals surface area contributed by atoms with Crippen LogP contribution in [0.1, 0.15) is 24.5 Å². The molecule has 1 aromatic heterocycles. The summed E-state index contributed by atoms with van der Waals surface area (Å²) in [6.45, 7) is 2.84. The number of hydrogen-bond donors (Lipinski definition) is 0. The van der Waals surface area contributed by atoms with Crippen molar-refractivity contribution in [3.05, 3.63) is 59.9 Å². The minimum absolute atomic E-state index is 0.0451. The molecule has 2 aromatic rings. The van der Waals surface area contributed by atoms with Gasteiger partial charge in [-0.25, -0.2) is 0 Å².